The smallest absolute Gasteiger partial charge is 0.385 e. The first-order valence-corrected chi connectivity index (χ1v) is 9.09. The highest BCUT2D eigenvalue weighted by Crippen LogP contribution is 2.39. The van der Waals surface area contributed by atoms with Crippen molar-refractivity contribution >= 4 is 16.6 Å². The van der Waals surface area contributed by atoms with Crippen molar-refractivity contribution in [2.45, 2.75) is 32.4 Å². The predicted octanol–water partition coefficient (Wildman–Crippen LogP) is 5.14. The molecule has 0 amide bonds. The molecule has 1 fully saturated rings. The van der Waals surface area contributed by atoms with Crippen LogP contribution in [-0.4, -0.2) is 31.8 Å². The number of hydrogen-bond donors (Lipinski definition) is 0. The normalized spacial score (nSPS) is 21.3. The van der Waals surface area contributed by atoms with Crippen molar-refractivity contribution in [3.05, 3.63) is 36.0 Å². The van der Waals surface area contributed by atoms with Gasteiger partial charge in [-0.05, 0) is 55.4 Å². The Bertz CT molecular complexity index is 747. The average molecular weight is 366 g/mol. The van der Waals surface area contributed by atoms with Crippen LogP contribution < -0.4 is 4.90 Å². The highest BCUT2D eigenvalue weighted by atomic mass is 19.4. The molecular formula is C20H25F3N2O. The quantitative estimate of drug-likeness (QED) is 0.685. The summed E-state index contributed by atoms with van der Waals surface area (Å²) < 4.78 is 45.1. The molecule has 3 nitrogen and oxygen atoms in total. The van der Waals surface area contributed by atoms with Crippen molar-refractivity contribution in [1.82, 2.24) is 4.98 Å². The Labute approximate surface area is 152 Å². The number of benzene rings is 1. The van der Waals surface area contributed by atoms with Gasteiger partial charge in [-0.15, -0.1) is 0 Å². The Balaban J connectivity index is 1.92. The van der Waals surface area contributed by atoms with E-state index in [1.165, 1.54) is 12.3 Å². The van der Waals surface area contributed by atoms with E-state index in [0.29, 0.717) is 17.2 Å². The molecule has 1 aromatic carbocycles. The molecule has 26 heavy (non-hydrogen) atoms. The zero-order chi connectivity index (χ0) is 18.7. The highest BCUT2D eigenvalue weighted by Gasteiger charge is 2.34. The molecule has 0 unspecified atom stereocenters. The summed E-state index contributed by atoms with van der Waals surface area (Å²) in [5, 5.41) is 0.576. The molecule has 0 aliphatic carbocycles. The lowest BCUT2D eigenvalue weighted by molar-refractivity contribution is -0.136. The zero-order valence-corrected chi connectivity index (χ0v) is 15.2. The Kier molecular flexibility index (Phi) is 5.70. The number of alkyl halides is 3. The first-order valence-electron chi connectivity index (χ1n) is 9.09. The summed E-state index contributed by atoms with van der Waals surface area (Å²) >= 11 is 0. The lowest BCUT2D eigenvalue weighted by atomic mass is 9.87. The molecule has 0 N–H and O–H groups in total. The standard InChI is InChI=1S/C20H25F3N2O/c1-14-11-15(5-4-10-26-2)13-25(12-14)18-8-7-17(20(21,22)23)19-16(18)6-3-9-24-19/h3,6-9,14-15H,4-5,10-13H2,1-2H3/t14-,15+/m0/s1. The molecule has 1 saturated heterocycles. The summed E-state index contributed by atoms with van der Waals surface area (Å²) in [4.78, 5) is 6.27. The molecule has 0 radical (unpaired) electrons. The number of fused-ring (bicyclic) bond motifs is 1. The number of aromatic nitrogens is 1. The number of pyridine rings is 1. The number of hydrogen-bond acceptors (Lipinski definition) is 3. The summed E-state index contributed by atoms with van der Waals surface area (Å²) in [5.41, 5.74) is 0.217. The topological polar surface area (TPSA) is 25.4 Å². The van der Waals surface area contributed by atoms with Crippen LogP contribution in [0.3, 0.4) is 0 Å². The monoisotopic (exact) mass is 366 g/mol. The Morgan fingerprint density at radius 3 is 2.77 bits per heavy atom. The third-order valence-electron chi connectivity index (χ3n) is 5.10. The molecule has 6 heteroatoms. The number of nitrogens with zero attached hydrogens (tertiary/aromatic N) is 2. The molecule has 1 aromatic heterocycles. The fourth-order valence-corrected chi connectivity index (χ4v) is 4.06. The first kappa shape index (κ1) is 19.0. The summed E-state index contributed by atoms with van der Waals surface area (Å²) in [6, 6.07) is 6.22. The number of anilines is 1. The molecule has 0 saturated carbocycles. The van der Waals surface area contributed by atoms with E-state index in [9.17, 15) is 13.2 Å². The second-order valence-electron chi connectivity index (χ2n) is 7.28. The van der Waals surface area contributed by atoms with Gasteiger partial charge in [0.2, 0.25) is 0 Å². The lowest BCUT2D eigenvalue weighted by Crippen LogP contribution is -2.40. The molecule has 1 aliphatic rings. The van der Waals surface area contributed by atoms with E-state index in [-0.39, 0.29) is 5.52 Å². The van der Waals surface area contributed by atoms with Crippen molar-refractivity contribution in [3.8, 4) is 0 Å². The molecular weight excluding hydrogens is 341 g/mol. The van der Waals surface area contributed by atoms with Gasteiger partial charge in [-0.3, -0.25) is 4.98 Å². The molecule has 142 valence electrons. The van der Waals surface area contributed by atoms with Crippen molar-refractivity contribution in [2.75, 3.05) is 31.7 Å². The maximum Gasteiger partial charge on any atom is 0.418 e. The second-order valence-corrected chi connectivity index (χ2v) is 7.28. The van der Waals surface area contributed by atoms with E-state index in [1.54, 1.807) is 25.3 Å². The van der Waals surface area contributed by atoms with Gasteiger partial charge < -0.3 is 9.64 Å². The summed E-state index contributed by atoms with van der Waals surface area (Å²) in [6.45, 7) is 4.68. The Hall–Kier alpha value is -1.82. The second kappa shape index (κ2) is 7.82. The molecule has 1 aliphatic heterocycles. The largest absolute Gasteiger partial charge is 0.418 e. The molecule has 2 aromatic rings. The van der Waals surface area contributed by atoms with Crippen LogP contribution in [0.4, 0.5) is 18.9 Å². The molecule has 0 spiro atoms. The van der Waals surface area contributed by atoms with E-state index in [1.807, 2.05) is 0 Å². The van der Waals surface area contributed by atoms with Crippen LogP contribution in [0.5, 0.6) is 0 Å². The van der Waals surface area contributed by atoms with Crippen LogP contribution in [0.15, 0.2) is 30.5 Å². The zero-order valence-electron chi connectivity index (χ0n) is 15.2. The van der Waals surface area contributed by atoms with Gasteiger partial charge in [0.25, 0.3) is 0 Å². The fraction of sp³-hybridized carbons (Fsp3) is 0.550. The van der Waals surface area contributed by atoms with Crippen molar-refractivity contribution in [1.29, 1.82) is 0 Å². The number of methoxy groups -OCH3 is 1. The maximum atomic E-state index is 13.3. The minimum atomic E-state index is -4.40. The van der Waals surface area contributed by atoms with Gasteiger partial charge in [0.05, 0.1) is 11.1 Å². The van der Waals surface area contributed by atoms with E-state index in [4.69, 9.17) is 4.74 Å². The van der Waals surface area contributed by atoms with E-state index in [0.717, 1.165) is 44.6 Å². The first-order chi connectivity index (χ1) is 12.4. The van der Waals surface area contributed by atoms with Crippen molar-refractivity contribution < 1.29 is 17.9 Å². The van der Waals surface area contributed by atoms with Crippen LogP contribution in [0.2, 0.25) is 0 Å². The van der Waals surface area contributed by atoms with E-state index >= 15 is 0 Å². The van der Waals surface area contributed by atoms with Gasteiger partial charge in [-0.1, -0.05) is 6.92 Å². The van der Waals surface area contributed by atoms with Crippen LogP contribution in [0, 0.1) is 11.8 Å². The van der Waals surface area contributed by atoms with Gasteiger partial charge in [-0.2, -0.15) is 13.2 Å². The summed E-state index contributed by atoms with van der Waals surface area (Å²) in [5.74, 6) is 1.04. The third kappa shape index (κ3) is 4.11. The van der Waals surface area contributed by atoms with E-state index < -0.39 is 11.7 Å². The minimum Gasteiger partial charge on any atom is -0.385 e. The molecule has 2 heterocycles. The van der Waals surface area contributed by atoms with Gasteiger partial charge in [0, 0.05) is 44.1 Å². The van der Waals surface area contributed by atoms with Gasteiger partial charge >= 0.3 is 6.18 Å². The van der Waals surface area contributed by atoms with Crippen LogP contribution in [0.25, 0.3) is 10.9 Å². The fourth-order valence-electron chi connectivity index (χ4n) is 4.06. The lowest BCUT2D eigenvalue weighted by Gasteiger charge is -2.38. The minimum absolute atomic E-state index is 0.0339. The van der Waals surface area contributed by atoms with Crippen molar-refractivity contribution in [2.24, 2.45) is 11.8 Å². The third-order valence-corrected chi connectivity index (χ3v) is 5.10. The number of rotatable bonds is 5. The number of ether oxygens (including phenoxy) is 1. The summed E-state index contributed by atoms with van der Waals surface area (Å²) in [7, 11) is 1.71. The van der Waals surface area contributed by atoms with Crippen LogP contribution >= 0.6 is 0 Å². The van der Waals surface area contributed by atoms with Gasteiger partial charge in [0.15, 0.2) is 0 Å². The number of halogens is 3. The molecule has 2 atom stereocenters. The predicted molar refractivity (Wildman–Crippen MR) is 97.3 cm³/mol. The summed E-state index contributed by atoms with van der Waals surface area (Å²) in [6.07, 6.45) is 0.260. The van der Waals surface area contributed by atoms with E-state index in [2.05, 4.69) is 16.8 Å². The highest BCUT2D eigenvalue weighted by molar-refractivity contribution is 5.94. The van der Waals surface area contributed by atoms with Crippen molar-refractivity contribution in [3.63, 3.8) is 0 Å². The number of piperidine rings is 1. The Morgan fingerprint density at radius 1 is 1.23 bits per heavy atom. The SMILES string of the molecule is COCCC[C@@H]1C[C@H](C)CN(c2ccc(C(F)(F)F)c3ncccc23)C1. The van der Waals surface area contributed by atoms with Crippen LogP contribution in [-0.2, 0) is 10.9 Å². The van der Waals surface area contributed by atoms with Crippen LogP contribution in [0.1, 0.15) is 31.7 Å². The maximum absolute atomic E-state index is 13.3. The molecule has 0 bridgehead atoms. The average Bonchev–Trinajstić information content (AvgIpc) is 2.59. The van der Waals surface area contributed by atoms with Gasteiger partial charge in [-0.25, -0.2) is 0 Å². The Morgan fingerprint density at radius 2 is 2.04 bits per heavy atom. The van der Waals surface area contributed by atoms with Gasteiger partial charge in [0.1, 0.15) is 0 Å². The molecule has 3 rings (SSSR count).